The van der Waals surface area contributed by atoms with Gasteiger partial charge in [0.1, 0.15) is 0 Å². The van der Waals surface area contributed by atoms with Crippen LogP contribution in [0, 0.1) is 5.92 Å². The molecule has 1 aromatic heterocycles. The maximum absolute atomic E-state index is 12.6. The third-order valence-corrected chi connectivity index (χ3v) is 6.15. The lowest BCUT2D eigenvalue weighted by atomic mass is 10.1. The van der Waals surface area contributed by atoms with Gasteiger partial charge in [-0.15, -0.1) is 0 Å². The lowest BCUT2D eigenvalue weighted by Crippen LogP contribution is -2.33. The molecular formula is C22H26ClN3O3S. The Hall–Kier alpha value is -2.51. The van der Waals surface area contributed by atoms with Crippen molar-refractivity contribution in [2.45, 2.75) is 26.8 Å². The fourth-order valence-corrected chi connectivity index (χ4v) is 4.60. The molecule has 0 amide bonds. The highest BCUT2D eigenvalue weighted by Crippen LogP contribution is 2.26. The van der Waals surface area contributed by atoms with E-state index in [1.54, 1.807) is 36.4 Å². The van der Waals surface area contributed by atoms with Gasteiger partial charge in [-0.25, -0.2) is 8.42 Å². The molecule has 0 aliphatic rings. The minimum Gasteiger partial charge on any atom is -0.378 e. The molecule has 1 heterocycles. The molecule has 6 nitrogen and oxygen atoms in total. The largest absolute Gasteiger partial charge is 0.378 e. The van der Waals surface area contributed by atoms with Gasteiger partial charge in [0, 0.05) is 33.7 Å². The maximum Gasteiger partial charge on any atom is 0.253 e. The number of anilines is 2. The Kier molecular flexibility index (Phi) is 6.43. The van der Waals surface area contributed by atoms with Gasteiger partial charge in [0.25, 0.3) is 5.56 Å². The van der Waals surface area contributed by atoms with E-state index in [0.29, 0.717) is 22.8 Å². The van der Waals surface area contributed by atoms with Crippen LogP contribution in [0.25, 0.3) is 10.9 Å². The van der Waals surface area contributed by atoms with E-state index in [1.807, 2.05) is 32.9 Å². The lowest BCUT2D eigenvalue weighted by Gasteiger charge is -2.25. The first-order valence-corrected chi connectivity index (χ1v) is 11.9. The molecule has 2 aromatic carbocycles. The van der Waals surface area contributed by atoms with Gasteiger partial charge in [0.15, 0.2) is 0 Å². The first kappa shape index (κ1) is 22.2. The van der Waals surface area contributed by atoms with Crippen molar-refractivity contribution in [1.29, 1.82) is 0 Å². The summed E-state index contributed by atoms with van der Waals surface area (Å²) in [6, 6.07) is 14.0. The minimum atomic E-state index is -3.41. The summed E-state index contributed by atoms with van der Waals surface area (Å²) in [5.41, 5.74) is 2.42. The second-order valence-corrected chi connectivity index (χ2v) is 10.2. The normalized spacial score (nSPS) is 12.9. The zero-order chi connectivity index (χ0) is 22.1. The smallest absolute Gasteiger partial charge is 0.253 e. The van der Waals surface area contributed by atoms with Crippen molar-refractivity contribution in [3.05, 3.63) is 69.5 Å². The Labute approximate surface area is 181 Å². The Morgan fingerprint density at radius 3 is 2.50 bits per heavy atom. The number of hydrogen-bond acceptors (Lipinski definition) is 4. The van der Waals surface area contributed by atoms with E-state index < -0.39 is 10.0 Å². The highest BCUT2D eigenvalue weighted by molar-refractivity contribution is 7.92. The average Bonchev–Trinajstić information content (AvgIpc) is 2.65. The summed E-state index contributed by atoms with van der Waals surface area (Å²) < 4.78 is 25.9. The van der Waals surface area contributed by atoms with Crippen molar-refractivity contribution in [3.63, 3.8) is 0 Å². The molecule has 160 valence electrons. The van der Waals surface area contributed by atoms with Gasteiger partial charge < -0.3 is 10.3 Å². The molecule has 30 heavy (non-hydrogen) atoms. The van der Waals surface area contributed by atoms with Crippen molar-refractivity contribution in [1.82, 2.24) is 4.98 Å². The zero-order valence-electron chi connectivity index (χ0n) is 17.4. The van der Waals surface area contributed by atoms with E-state index in [9.17, 15) is 13.2 Å². The third-order valence-electron chi connectivity index (χ3n) is 4.75. The predicted molar refractivity (Wildman–Crippen MR) is 125 cm³/mol. The average molecular weight is 448 g/mol. The van der Waals surface area contributed by atoms with Gasteiger partial charge in [-0.2, -0.15) is 0 Å². The number of rotatable bonds is 7. The zero-order valence-corrected chi connectivity index (χ0v) is 19.0. The highest BCUT2D eigenvalue weighted by atomic mass is 35.5. The Balaban J connectivity index is 1.91. The van der Waals surface area contributed by atoms with Crippen molar-refractivity contribution >= 4 is 43.9 Å². The van der Waals surface area contributed by atoms with Crippen molar-refractivity contribution in [3.8, 4) is 0 Å². The van der Waals surface area contributed by atoms with Crippen molar-refractivity contribution < 1.29 is 8.42 Å². The van der Waals surface area contributed by atoms with Gasteiger partial charge >= 0.3 is 0 Å². The molecule has 0 spiro atoms. The molecule has 0 saturated carbocycles. The number of H-pyrrole nitrogens is 1. The fourth-order valence-electron chi connectivity index (χ4n) is 3.36. The van der Waals surface area contributed by atoms with Crippen LogP contribution >= 0.6 is 11.6 Å². The first-order chi connectivity index (χ1) is 14.0. The van der Waals surface area contributed by atoms with E-state index in [2.05, 4.69) is 10.3 Å². The summed E-state index contributed by atoms with van der Waals surface area (Å²) in [5, 5.41) is 4.75. The molecule has 3 aromatic rings. The molecule has 0 radical (unpaired) electrons. The molecule has 1 atom stereocenters. The maximum atomic E-state index is 12.6. The van der Waals surface area contributed by atoms with Crippen LogP contribution in [0.3, 0.4) is 0 Å². The molecule has 8 heteroatoms. The number of benzene rings is 2. The minimum absolute atomic E-state index is 0.179. The summed E-state index contributed by atoms with van der Waals surface area (Å²) in [6.45, 7) is 6.22. The number of pyridine rings is 1. The van der Waals surface area contributed by atoms with Crippen LogP contribution in [0.1, 0.15) is 32.4 Å². The molecule has 0 fully saturated rings. The topological polar surface area (TPSA) is 82.3 Å². The Morgan fingerprint density at radius 1 is 1.10 bits per heavy atom. The molecule has 0 aliphatic heterocycles. The highest BCUT2D eigenvalue weighted by Gasteiger charge is 2.19. The molecule has 0 bridgehead atoms. The predicted octanol–water partition coefficient (Wildman–Crippen LogP) is 4.78. The molecule has 0 saturated heterocycles. The fraction of sp³-hybridized carbons (Fsp3) is 0.318. The number of sulfonamides is 1. The summed E-state index contributed by atoms with van der Waals surface area (Å²) >= 11 is 6.08. The van der Waals surface area contributed by atoms with Crippen LogP contribution in [0.4, 0.5) is 11.4 Å². The number of hydrogen-bond donors (Lipinski definition) is 2. The molecule has 3 rings (SSSR count). The first-order valence-electron chi connectivity index (χ1n) is 9.71. The van der Waals surface area contributed by atoms with Gasteiger partial charge in [0.05, 0.1) is 18.0 Å². The number of halogens is 1. The second kappa shape index (κ2) is 8.70. The Morgan fingerprint density at radius 2 is 1.83 bits per heavy atom. The standard InChI is InChI=1S/C22H26ClN3O3S/c1-14(2)13-26(30(4,28)29)19-7-5-6-18(12-19)24-15(3)20-11-16-10-17(23)8-9-21(16)25-22(20)27/h5-12,14-15,24H,13H2,1-4H3,(H,25,27). The summed E-state index contributed by atoms with van der Waals surface area (Å²) in [4.78, 5) is 15.4. The van der Waals surface area contributed by atoms with Crippen LogP contribution < -0.4 is 15.2 Å². The molecule has 1 unspecified atom stereocenters. The summed E-state index contributed by atoms with van der Waals surface area (Å²) in [7, 11) is -3.41. The number of aromatic nitrogens is 1. The number of nitrogens with zero attached hydrogens (tertiary/aromatic N) is 1. The van der Waals surface area contributed by atoms with E-state index >= 15 is 0 Å². The van der Waals surface area contributed by atoms with Crippen molar-refractivity contribution in [2.75, 3.05) is 22.4 Å². The third kappa shape index (κ3) is 5.15. The van der Waals surface area contributed by atoms with E-state index in [-0.39, 0.29) is 17.5 Å². The molecular weight excluding hydrogens is 422 g/mol. The summed E-state index contributed by atoms with van der Waals surface area (Å²) in [5.74, 6) is 0.179. The second-order valence-electron chi connectivity index (χ2n) is 7.89. The number of nitrogens with one attached hydrogen (secondary N) is 2. The van der Waals surface area contributed by atoms with Crippen molar-refractivity contribution in [2.24, 2.45) is 5.92 Å². The van der Waals surface area contributed by atoms with Crippen LogP contribution in [0.15, 0.2) is 53.3 Å². The van der Waals surface area contributed by atoms with Crippen LogP contribution in [-0.2, 0) is 10.0 Å². The van der Waals surface area contributed by atoms with E-state index in [0.717, 1.165) is 16.6 Å². The SMILES string of the molecule is CC(C)CN(c1cccc(NC(C)c2cc3cc(Cl)ccc3[nH]c2=O)c1)S(C)(=O)=O. The lowest BCUT2D eigenvalue weighted by molar-refractivity contribution is 0.583. The van der Waals surface area contributed by atoms with Gasteiger partial charge in [0.2, 0.25) is 10.0 Å². The molecule has 2 N–H and O–H groups in total. The number of aromatic amines is 1. The quantitative estimate of drug-likeness (QED) is 0.546. The van der Waals surface area contributed by atoms with Crippen LogP contribution in [-0.4, -0.2) is 26.2 Å². The van der Waals surface area contributed by atoms with Gasteiger partial charge in [-0.3, -0.25) is 9.10 Å². The van der Waals surface area contributed by atoms with Crippen LogP contribution in [0.2, 0.25) is 5.02 Å². The summed E-state index contributed by atoms with van der Waals surface area (Å²) in [6.07, 6.45) is 1.21. The van der Waals surface area contributed by atoms with Gasteiger partial charge in [-0.1, -0.05) is 31.5 Å². The Bertz CT molecular complexity index is 1220. The van der Waals surface area contributed by atoms with Crippen LogP contribution in [0.5, 0.6) is 0 Å². The van der Waals surface area contributed by atoms with E-state index in [1.165, 1.54) is 10.6 Å². The monoisotopic (exact) mass is 447 g/mol. The molecule has 0 aliphatic carbocycles. The van der Waals surface area contributed by atoms with E-state index in [4.69, 9.17) is 11.6 Å². The van der Waals surface area contributed by atoms with Gasteiger partial charge in [-0.05, 0) is 55.3 Å². The number of fused-ring (bicyclic) bond motifs is 1.